The number of nitrogens with zero attached hydrogens (tertiary/aromatic N) is 7. The number of sulfonamides is 1. The van der Waals surface area contributed by atoms with Crippen LogP contribution < -0.4 is 5.32 Å². The lowest BCUT2D eigenvalue weighted by molar-refractivity contribution is 0.0716. The van der Waals surface area contributed by atoms with Crippen LogP contribution in [0.25, 0.3) is 22.6 Å². The van der Waals surface area contributed by atoms with Gasteiger partial charge in [0.1, 0.15) is 5.54 Å². The second kappa shape index (κ2) is 8.54. The van der Waals surface area contributed by atoms with E-state index in [1.807, 2.05) is 30.5 Å². The minimum atomic E-state index is -3.28. The fourth-order valence-electron chi connectivity index (χ4n) is 4.35. The number of benzene rings is 1. The fraction of sp³-hybridized carbons (Fsp3) is 0.292. The molecule has 182 valence electrons. The maximum atomic E-state index is 12.6. The fourth-order valence-corrected chi connectivity index (χ4v) is 6.35. The average molecular weight is 503 g/mol. The number of hydrogen-bond donors (Lipinski definition) is 1. The third kappa shape index (κ3) is 4.02. The molecule has 0 atom stereocenters. The number of nitriles is 1. The third-order valence-electron chi connectivity index (χ3n) is 6.53. The molecule has 1 aliphatic carbocycles. The SMILES string of the molecule is N#CCC1(n2cc(-c3ccnc(Nc4ccc(-c5cnco5)cc4)n3)cn2)CN(S(=O)(=O)C2CC2)C1. The molecule has 0 unspecified atom stereocenters. The Labute approximate surface area is 207 Å². The molecule has 1 saturated carbocycles. The number of oxazole rings is 1. The molecule has 1 aromatic carbocycles. The minimum absolute atomic E-state index is 0.172. The van der Waals surface area contributed by atoms with Crippen LogP contribution in [0.1, 0.15) is 19.3 Å². The maximum Gasteiger partial charge on any atom is 0.227 e. The Bertz CT molecular complexity index is 1530. The smallest absolute Gasteiger partial charge is 0.227 e. The summed E-state index contributed by atoms with van der Waals surface area (Å²) < 4.78 is 33.6. The first-order valence-electron chi connectivity index (χ1n) is 11.5. The molecule has 0 radical (unpaired) electrons. The van der Waals surface area contributed by atoms with E-state index in [2.05, 4.69) is 31.4 Å². The monoisotopic (exact) mass is 502 g/mol. The molecule has 4 heterocycles. The number of aromatic nitrogens is 5. The highest BCUT2D eigenvalue weighted by atomic mass is 32.2. The van der Waals surface area contributed by atoms with Crippen LogP contribution in [0.15, 0.2) is 65.9 Å². The lowest BCUT2D eigenvalue weighted by atomic mass is 9.89. The molecular formula is C24H22N8O3S. The van der Waals surface area contributed by atoms with Crippen LogP contribution in [0, 0.1) is 11.3 Å². The summed E-state index contributed by atoms with van der Waals surface area (Å²) in [6, 6.07) is 11.6. The van der Waals surface area contributed by atoms with Gasteiger partial charge >= 0.3 is 0 Å². The quantitative estimate of drug-likeness (QED) is 0.384. The molecule has 2 fully saturated rings. The van der Waals surface area contributed by atoms with Crippen molar-refractivity contribution < 1.29 is 12.8 Å². The zero-order valence-electron chi connectivity index (χ0n) is 19.1. The summed E-state index contributed by atoms with van der Waals surface area (Å²) in [5, 5.41) is 16.8. The molecule has 11 nitrogen and oxygen atoms in total. The van der Waals surface area contributed by atoms with Crippen molar-refractivity contribution in [2.75, 3.05) is 18.4 Å². The van der Waals surface area contributed by atoms with Crippen LogP contribution in [0.4, 0.5) is 11.6 Å². The van der Waals surface area contributed by atoms with Gasteiger partial charge in [-0.05, 0) is 43.2 Å². The van der Waals surface area contributed by atoms with Gasteiger partial charge in [0.2, 0.25) is 16.0 Å². The molecule has 1 aliphatic heterocycles. The van der Waals surface area contributed by atoms with Gasteiger partial charge in [0.15, 0.2) is 12.2 Å². The van der Waals surface area contributed by atoms with Crippen molar-refractivity contribution in [2.45, 2.75) is 30.1 Å². The standard InChI is InChI=1S/C24H22N8O3S/c25-9-8-24(14-31(15-24)36(33,34)20-5-6-20)32-13-18(11-28-32)21-7-10-27-23(30-21)29-19-3-1-17(2-4-19)22-12-26-16-35-22/h1-4,7,10-13,16,20H,5-6,8,14-15H2,(H,27,29,30). The van der Waals surface area contributed by atoms with Gasteiger partial charge < -0.3 is 9.73 Å². The molecule has 2 aliphatic rings. The van der Waals surface area contributed by atoms with Crippen LogP contribution in [0.3, 0.4) is 0 Å². The van der Waals surface area contributed by atoms with Crippen molar-refractivity contribution in [3.8, 4) is 28.7 Å². The molecule has 1 N–H and O–H groups in total. The molecule has 6 rings (SSSR count). The van der Waals surface area contributed by atoms with Gasteiger partial charge in [0.05, 0.1) is 35.8 Å². The van der Waals surface area contributed by atoms with Crippen molar-refractivity contribution in [1.82, 2.24) is 29.0 Å². The largest absolute Gasteiger partial charge is 0.444 e. The van der Waals surface area contributed by atoms with E-state index in [9.17, 15) is 13.7 Å². The molecule has 0 spiro atoms. The van der Waals surface area contributed by atoms with Crippen molar-refractivity contribution in [2.24, 2.45) is 0 Å². The Balaban J connectivity index is 1.19. The van der Waals surface area contributed by atoms with Crippen molar-refractivity contribution in [1.29, 1.82) is 5.26 Å². The summed E-state index contributed by atoms with van der Waals surface area (Å²) in [4.78, 5) is 12.8. The zero-order valence-corrected chi connectivity index (χ0v) is 20.0. The van der Waals surface area contributed by atoms with Gasteiger partial charge in [-0.3, -0.25) is 4.68 Å². The number of anilines is 2. The van der Waals surface area contributed by atoms with Crippen LogP contribution in [-0.4, -0.2) is 55.8 Å². The van der Waals surface area contributed by atoms with Crippen LogP contribution in [-0.2, 0) is 15.6 Å². The Morgan fingerprint density at radius 1 is 1.14 bits per heavy atom. The highest BCUT2D eigenvalue weighted by Crippen LogP contribution is 2.40. The molecule has 1 saturated heterocycles. The van der Waals surface area contributed by atoms with Crippen LogP contribution in [0.5, 0.6) is 0 Å². The van der Waals surface area contributed by atoms with Gasteiger partial charge in [0.25, 0.3) is 0 Å². The normalized spacial score (nSPS) is 17.3. The first kappa shape index (κ1) is 22.4. The van der Waals surface area contributed by atoms with E-state index in [0.29, 0.717) is 30.2 Å². The van der Waals surface area contributed by atoms with E-state index in [0.717, 1.165) is 16.8 Å². The predicted molar refractivity (Wildman–Crippen MR) is 130 cm³/mol. The first-order valence-corrected chi connectivity index (χ1v) is 13.0. The molecule has 0 amide bonds. The van der Waals surface area contributed by atoms with E-state index in [1.165, 1.54) is 10.7 Å². The Morgan fingerprint density at radius 2 is 1.94 bits per heavy atom. The van der Waals surface area contributed by atoms with Gasteiger partial charge in [0, 0.05) is 42.3 Å². The van der Waals surface area contributed by atoms with E-state index >= 15 is 0 Å². The maximum absolute atomic E-state index is 12.6. The lowest BCUT2D eigenvalue weighted by Crippen LogP contribution is -2.64. The summed E-state index contributed by atoms with van der Waals surface area (Å²) in [5.41, 5.74) is 2.46. The van der Waals surface area contributed by atoms with Gasteiger partial charge in [-0.2, -0.15) is 14.7 Å². The summed E-state index contributed by atoms with van der Waals surface area (Å²) in [5.74, 6) is 1.11. The predicted octanol–water partition coefficient (Wildman–Crippen LogP) is 3.16. The molecule has 36 heavy (non-hydrogen) atoms. The molecule has 4 aromatic rings. The topological polar surface area (TPSA) is 143 Å². The number of hydrogen-bond acceptors (Lipinski definition) is 9. The van der Waals surface area contributed by atoms with Crippen LogP contribution >= 0.6 is 0 Å². The lowest BCUT2D eigenvalue weighted by Gasteiger charge is -2.48. The molecular weight excluding hydrogens is 480 g/mol. The highest BCUT2D eigenvalue weighted by Gasteiger charge is 2.53. The van der Waals surface area contributed by atoms with Gasteiger partial charge in [-0.1, -0.05) is 0 Å². The Kier molecular flexibility index (Phi) is 5.31. The van der Waals surface area contributed by atoms with Crippen molar-refractivity contribution in [3.63, 3.8) is 0 Å². The summed E-state index contributed by atoms with van der Waals surface area (Å²) in [6.07, 6.45) is 9.80. The zero-order chi connectivity index (χ0) is 24.8. The third-order valence-corrected chi connectivity index (χ3v) is 8.82. The summed E-state index contributed by atoms with van der Waals surface area (Å²) >= 11 is 0. The first-order chi connectivity index (χ1) is 17.5. The molecule has 0 bridgehead atoms. The van der Waals surface area contributed by atoms with Gasteiger partial charge in [-0.25, -0.2) is 23.4 Å². The van der Waals surface area contributed by atoms with E-state index < -0.39 is 15.6 Å². The Hall–Kier alpha value is -4.08. The second-order valence-electron chi connectivity index (χ2n) is 9.08. The van der Waals surface area contributed by atoms with Crippen molar-refractivity contribution in [3.05, 3.63) is 61.5 Å². The van der Waals surface area contributed by atoms with Crippen LogP contribution in [0.2, 0.25) is 0 Å². The van der Waals surface area contributed by atoms with E-state index in [4.69, 9.17) is 4.42 Å². The average Bonchev–Trinajstić information content (AvgIpc) is 3.37. The number of rotatable bonds is 8. The summed E-state index contributed by atoms with van der Waals surface area (Å²) in [7, 11) is -3.28. The Morgan fingerprint density at radius 3 is 2.64 bits per heavy atom. The number of nitrogens with one attached hydrogen (secondary N) is 1. The van der Waals surface area contributed by atoms with E-state index in [1.54, 1.807) is 29.3 Å². The highest BCUT2D eigenvalue weighted by molar-refractivity contribution is 7.90. The minimum Gasteiger partial charge on any atom is -0.444 e. The molecule has 3 aromatic heterocycles. The van der Waals surface area contributed by atoms with E-state index in [-0.39, 0.29) is 24.8 Å². The van der Waals surface area contributed by atoms with Crippen molar-refractivity contribution >= 4 is 21.7 Å². The summed E-state index contributed by atoms with van der Waals surface area (Å²) in [6.45, 7) is 0.502. The second-order valence-corrected chi connectivity index (χ2v) is 11.3. The van der Waals surface area contributed by atoms with Gasteiger partial charge in [-0.15, -0.1) is 0 Å². The molecule has 12 heteroatoms.